The van der Waals surface area contributed by atoms with Gasteiger partial charge >= 0.3 is 5.69 Å². The highest BCUT2D eigenvalue weighted by atomic mass is 35.7. The van der Waals surface area contributed by atoms with Crippen LogP contribution in [0.15, 0.2) is 50.2 Å². The number of allylic oxidation sites excluding steroid dienone is 5. The molecule has 134 valence electrons. The van der Waals surface area contributed by atoms with Crippen molar-refractivity contribution in [3.63, 3.8) is 0 Å². The summed E-state index contributed by atoms with van der Waals surface area (Å²) in [5.41, 5.74) is -1.03. The molecule has 0 fully saturated rings. The molecule has 0 amide bonds. The molecule has 8 nitrogen and oxygen atoms in total. The van der Waals surface area contributed by atoms with E-state index >= 15 is 0 Å². The first-order valence-corrected chi connectivity index (χ1v) is 9.57. The normalized spacial score (nSPS) is 13.0. The van der Waals surface area contributed by atoms with Crippen LogP contribution in [0, 0.1) is 0 Å². The number of hydrogen-bond acceptors (Lipinski definition) is 5. The van der Waals surface area contributed by atoms with Crippen molar-refractivity contribution in [2.45, 2.75) is 18.6 Å². The number of aromatic amines is 1. The SMILES string of the molecule is C=C(Cl)/C=C\C(=C/C)Cn1c(S(=O)(=O)Cl)nc2c1c(=O)[nH]c(=O)n2C. The zero-order valence-corrected chi connectivity index (χ0v) is 15.6. The fourth-order valence-electron chi connectivity index (χ4n) is 2.17. The Morgan fingerprint density at radius 3 is 2.52 bits per heavy atom. The highest BCUT2D eigenvalue weighted by molar-refractivity contribution is 8.13. The van der Waals surface area contributed by atoms with Gasteiger partial charge in [-0.05, 0) is 18.6 Å². The Kier molecular flexibility index (Phi) is 5.40. The number of aryl methyl sites for hydroxylation is 1. The molecule has 11 heteroatoms. The largest absolute Gasteiger partial charge is 0.329 e. The zero-order valence-electron chi connectivity index (χ0n) is 13.3. The van der Waals surface area contributed by atoms with Crippen LogP contribution in [0.4, 0.5) is 0 Å². The average Bonchev–Trinajstić information content (AvgIpc) is 2.89. The second-order valence-corrected chi connectivity index (χ2v) is 8.00. The maximum Gasteiger partial charge on any atom is 0.329 e. The van der Waals surface area contributed by atoms with Crippen molar-refractivity contribution in [2.75, 3.05) is 0 Å². The molecule has 2 aromatic rings. The van der Waals surface area contributed by atoms with Gasteiger partial charge in [-0.25, -0.2) is 13.2 Å². The van der Waals surface area contributed by atoms with Crippen LogP contribution in [0.5, 0.6) is 0 Å². The van der Waals surface area contributed by atoms with Crippen LogP contribution in [0.3, 0.4) is 0 Å². The van der Waals surface area contributed by atoms with Crippen LogP contribution in [0.1, 0.15) is 6.92 Å². The Morgan fingerprint density at radius 2 is 2.00 bits per heavy atom. The van der Waals surface area contributed by atoms with Crippen LogP contribution >= 0.6 is 22.3 Å². The van der Waals surface area contributed by atoms with Gasteiger partial charge < -0.3 is 4.57 Å². The lowest BCUT2D eigenvalue weighted by Crippen LogP contribution is -2.29. The number of aromatic nitrogens is 4. The van der Waals surface area contributed by atoms with E-state index in [0.29, 0.717) is 5.57 Å². The standard InChI is InChI=1S/C14H14Cl2N4O4S/c1-4-9(6-5-8(2)15)7-20-10-11(17-14(20)25(16,23)24)19(3)13(22)18-12(10)21/h4-6H,2,7H2,1,3H3,(H,18,21,22)/b6-5-,9-4+. The molecule has 0 spiro atoms. The van der Waals surface area contributed by atoms with Crippen molar-refractivity contribution in [1.82, 2.24) is 19.1 Å². The van der Waals surface area contributed by atoms with E-state index in [1.165, 1.54) is 13.1 Å². The summed E-state index contributed by atoms with van der Waals surface area (Å²) < 4.78 is 25.9. The lowest BCUT2D eigenvalue weighted by atomic mass is 10.2. The molecule has 2 heterocycles. The first kappa shape index (κ1) is 19.2. The summed E-state index contributed by atoms with van der Waals surface area (Å²) in [5.74, 6) is 0. The smallest absolute Gasteiger partial charge is 0.303 e. The van der Waals surface area contributed by atoms with Gasteiger partial charge in [0.25, 0.3) is 14.6 Å². The van der Waals surface area contributed by atoms with Crippen LogP contribution < -0.4 is 11.2 Å². The second kappa shape index (κ2) is 7.03. The molecule has 0 aliphatic carbocycles. The number of halogens is 2. The van der Waals surface area contributed by atoms with Crippen molar-refractivity contribution in [3.05, 3.63) is 56.3 Å². The minimum atomic E-state index is -4.27. The van der Waals surface area contributed by atoms with Gasteiger partial charge in [-0.2, -0.15) is 4.98 Å². The minimum Gasteiger partial charge on any atom is -0.303 e. The van der Waals surface area contributed by atoms with E-state index in [1.54, 1.807) is 19.1 Å². The monoisotopic (exact) mass is 404 g/mol. The van der Waals surface area contributed by atoms with Crippen LogP contribution in [-0.2, 0) is 22.6 Å². The van der Waals surface area contributed by atoms with Gasteiger partial charge in [0.2, 0.25) is 5.16 Å². The average molecular weight is 405 g/mol. The minimum absolute atomic E-state index is 0.0315. The lowest BCUT2D eigenvalue weighted by Gasteiger charge is -2.08. The van der Waals surface area contributed by atoms with Crippen molar-refractivity contribution >= 4 is 42.5 Å². The molecule has 0 unspecified atom stereocenters. The molecule has 25 heavy (non-hydrogen) atoms. The van der Waals surface area contributed by atoms with Crippen LogP contribution in [0.2, 0.25) is 0 Å². The van der Waals surface area contributed by atoms with Crippen molar-refractivity contribution in [1.29, 1.82) is 0 Å². The predicted octanol–water partition coefficient (Wildman–Crippen LogP) is 1.61. The van der Waals surface area contributed by atoms with E-state index in [1.807, 2.05) is 0 Å². The van der Waals surface area contributed by atoms with Crippen molar-refractivity contribution < 1.29 is 8.42 Å². The Balaban J connectivity index is 2.82. The number of nitrogens with zero attached hydrogens (tertiary/aromatic N) is 3. The number of imidazole rings is 1. The van der Waals surface area contributed by atoms with E-state index < -0.39 is 25.5 Å². The highest BCUT2D eigenvalue weighted by Crippen LogP contribution is 2.21. The van der Waals surface area contributed by atoms with E-state index in [2.05, 4.69) is 16.5 Å². The Morgan fingerprint density at radius 1 is 1.36 bits per heavy atom. The number of fused-ring (bicyclic) bond motifs is 1. The van der Waals surface area contributed by atoms with Gasteiger partial charge in [0, 0.05) is 22.8 Å². The van der Waals surface area contributed by atoms with Gasteiger partial charge in [-0.15, -0.1) is 0 Å². The maximum absolute atomic E-state index is 12.2. The number of hydrogen-bond donors (Lipinski definition) is 1. The van der Waals surface area contributed by atoms with Crippen LogP contribution in [0.25, 0.3) is 11.2 Å². The summed E-state index contributed by atoms with van der Waals surface area (Å²) >= 11 is 5.69. The second-order valence-electron chi connectivity index (χ2n) is 5.05. The molecule has 2 aromatic heterocycles. The molecular weight excluding hydrogens is 391 g/mol. The van der Waals surface area contributed by atoms with Gasteiger partial charge in [-0.1, -0.05) is 30.3 Å². The summed E-state index contributed by atoms with van der Waals surface area (Å²) in [6, 6.07) is 0. The number of rotatable bonds is 5. The summed E-state index contributed by atoms with van der Waals surface area (Å²) in [6.07, 6.45) is 4.83. The molecule has 1 N–H and O–H groups in total. The van der Waals surface area contributed by atoms with Crippen molar-refractivity contribution in [2.24, 2.45) is 7.05 Å². The molecule has 0 aliphatic rings. The summed E-state index contributed by atoms with van der Waals surface area (Å²) in [6.45, 7) is 5.22. The van der Waals surface area contributed by atoms with E-state index in [9.17, 15) is 18.0 Å². The Labute approximate surface area is 152 Å². The molecule has 0 saturated heterocycles. The van der Waals surface area contributed by atoms with E-state index in [-0.39, 0.29) is 22.7 Å². The Hall–Kier alpha value is -2.10. The molecular formula is C14H14Cl2N4O4S. The quantitative estimate of drug-likeness (QED) is 0.601. The first-order chi connectivity index (χ1) is 11.6. The predicted molar refractivity (Wildman–Crippen MR) is 96.5 cm³/mol. The Bertz CT molecular complexity index is 1140. The van der Waals surface area contributed by atoms with Crippen LogP contribution in [-0.4, -0.2) is 27.5 Å². The van der Waals surface area contributed by atoms with E-state index in [0.717, 1.165) is 9.13 Å². The highest BCUT2D eigenvalue weighted by Gasteiger charge is 2.25. The summed E-state index contributed by atoms with van der Waals surface area (Å²) in [4.78, 5) is 29.9. The van der Waals surface area contributed by atoms with Gasteiger partial charge in [0.15, 0.2) is 11.2 Å². The van der Waals surface area contributed by atoms with Crippen molar-refractivity contribution in [3.8, 4) is 0 Å². The van der Waals surface area contributed by atoms with Gasteiger partial charge in [0.1, 0.15) is 0 Å². The fourth-order valence-corrected chi connectivity index (χ4v) is 3.20. The molecule has 0 aliphatic heterocycles. The molecule has 0 aromatic carbocycles. The molecule has 0 atom stereocenters. The van der Waals surface area contributed by atoms with Gasteiger partial charge in [0.05, 0.1) is 6.54 Å². The summed E-state index contributed by atoms with van der Waals surface area (Å²) in [5, 5.41) is -0.256. The van der Waals surface area contributed by atoms with E-state index in [4.69, 9.17) is 22.3 Å². The third-order valence-electron chi connectivity index (χ3n) is 3.38. The molecule has 2 rings (SSSR count). The zero-order chi connectivity index (χ0) is 18.9. The topological polar surface area (TPSA) is 107 Å². The summed E-state index contributed by atoms with van der Waals surface area (Å²) in [7, 11) is 2.54. The molecule has 0 radical (unpaired) electrons. The fraction of sp³-hybridized carbons (Fsp3) is 0.214. The maximum atomic E-state index is 12.2. The molecule has 0 bridgehead atoms. The van der Waals surface area contributed by atoms with Gasteiger partial charge in [-0.3, -0.25) is 14.3 Å². The number of H-pyrrole nitrogens is 1. The third kappa shape index (κ3) is 3.94. The molecule has 0 saturated carbocycles. The first-order valence-electron chi connectivity index (χ1n) is 6.88. The number of nitrogens with one attached hydrogen (secondary N) is 1. The third-order valence-corrected chi connectivity index (χ3v) is 4.67. The lowest BCUT2D eigenvalue weighted by molar-refractivity contribution is 0.589.